The normalized spacial score (nSPS) is 14.2. The Balaban J connectivity index is 1.56. The van der Waals surface area contributed by atoms with Gasteiger partial charge in [-0.1, -0.05) is 47.7 Å². The molecule has 0 saturated carbocycles. The van der Waals surface area contributed by atoms with Crippen molar-refractivity contribution < 1.29 is 19.1 Å². The van der Waals surface area contributed by atoms with E-state index in [0.717, 1.165) is 49.0 Å². The Kier molecular flexibility index (Phi) is 6.71. The van der Waals surface area contributed by atoms with Crippen molar-refractivity contribution >= 4 is 28.3 Å². The molecule has 31 heavy (non-hydrogen) atoms. The third-order valence-electron chi connectivity index (χ3n) is 4.79. The maximum absolute atomic E-state index is 12.8. The molecular weight excluding hydrogens is 414 g/mol. The summed E-state index contributed by atoms with van der Waals surface area (Å²) in [5.74, 6) is -0.407. The van der Waals surface area contributed by atoms with Gasteiger partial charge in [-0.2, -0.15) is 0 Å². The van der Waals surface area contributed by atoms with E-state index in [4.69, 9.17) is 14.5 Å². The first-order valence-electron chi connectivity index (χ1n) is 10.0. The molecule has 1 saturated heterocycles. The average Bonchev–Trinajstić information content (AvgIpc) is 3.17. The molecule has 0 radical (unpaired) electrons. The van der Waals surface area contributed by atoms with Crippen LogP contribution in [-0.4, -0.2) is 48.1 Å². The molecule has 160 valence electrons. The number of nitrogens with zero attached hydrogens (tertiary/aromatic N) is 2. The lowest BCUT2D eigenvalue weighted by molar-refractivity contribution is -0.131. The van der Waals surface area contributed by atoms with Gasteiger partial charge < -0.3 is 9.47 Å². The summed E-state index contributed by atoms with van der Waals surface area (Å²) in [5, 5.41) is 3.42. The third-order valence-corrected chi connectivity index (χ3v) is 5.75. The highest BCUT2D eigenvalue weighted by Crippen LogP contribution is 2.32. The standard InChI is InChI=1S/C23H23N3O4S/c1-16(27)30-19-9-5-8-18(14-19)22(28)25-23-24-21(17-6-3-2-4-7-17)20(31-23)15-26-10-12-29-13-11-26/h2-9,14H,10-13,15H2,1H3,(H,24,25,28). The van der Waals surface area contributed by atoms with Crippen LogP contribution in [0.5, 0.6) is 5.75 Å². The Labute approximate surface area is 184 Å². The van der Waals surface area contributed by atoms with E-state index in [9.17, 15) is 9.59 Å². The van der Waals surface area contributed by atoms with Gasteiger partial charge in [0.2, 0.25) is 0 Å². The zero-order chi connectivity index (χ0) is 21.6. The van der Waals surface area contributed by atoms with Crippen molar-refractivity contribution in [3.63, 3.8) is 0 Å². The van der Waals surface area contributed by atoms with Gasteiger partial charge in [0.25, 0.3) is 5.91 Å². The number of carbonyl (C=O) groups excluding carboxylic acids is 2. The van der Waals surface area contributed by atoms with Gasteiger partial charge in [-0.3, -0.25) is 19.8 Å². The van der Waals surface area contributed by atoms with Crippen LogP contribution in [0.25, 0.3) is 11.3 Å². The second-order valence-electron chi connectivity index (χ2n) is 7.12. The van der Waals surface area contributed by atoms with E-state index in [1.165, 1.54) is 24.3 Å². The van der Waals surface area contributed by atoms with Crippen LogP contribution in [0.3, 0.4) is 0 Å². The molecule has 0 atom stereocenters. The highest BCUT2D eigenvalue weighted by atomic mass is 32.1. The second kappa shape index (κ2) is 9.82. The molecule has 4 rings (SSSR count). The number of nitrogens with one attached hydrogen (secondary N) is 1. The van der Waals surface area contributed by atoms with Crippen molar-refractivity contribution in [1.82, 2.24) is 9.88 Å². The summed E-state index contributed by atoms with van der Waals surface area (Å²) < 4.78 is 10.5. The summed E-state index contributed by atoms with van der Waals surface area (Å²) in [7, 11) is 0. The minimum atomic E-state index is -0.433. The molecule has 1 N–H and O–H groups in total. The van der Waals surface area contributed by atoms with Gasteiger partial charge in [0.1, 0.15) is 5.75 Å². The maximum Gasteiger partial charge on any atom is 0.308 e. The van der Waals surface area contributed by atoms with Crippen LogP contribution in [0.4, 0.5) is 5.13 Å². The van der Waals surface area contributed by atoms with E-state index >= 15 is 0 Å². The number of esters is 1. The minimum absolute atomic E-state index is 0.305. The van der Waals surface area contributed by atoms with E-state index in [0.29, 0.717) is 16.4 Å². The molecule has 0 aliphatic carbocycles. The fraction of sp³-hybridized carbons (Fsp3) is 0.261. The van der Waals surface area contributed by atoms with Gasteiger partial charge in [-0.15, -0.1) is 0 Å². The molecule has 0 bridgehead atoms. The van der Waals surface area contributed by atoms with E-state index in [1.54, 1.807) is 18.2 Å². The highest BCUT2D eigenvalue weighted by Gasteiger charge is 2.19. The summed E-state index contributed by atoms with van der Waals surface area (Å²) in [6.07, 6.45) is 0. The predicted octanol–water partition coefficient (Wildman–Crippen LogP) is 3.82. The van der Waals surface area contributed by atoms with Gasteiger partial charge in [0.15, 0.2) is 5.13 Å². The lowest BCUT2D eigenvalue weighted by Gasteiger charge is -2.26. The Morgan fingerprint density at radius 3 is 2.65 bits per heavy atom. The zero-order valence-corrected chi connectivity index (χ0v) is 18.0. The Morgan fingerprint density at radius 2 is 1.90 bits per heavy atom. The summed E-state index contributed by atoms with van der Waals surface area (Å²) in [6, 6.07) is 16.5. The number of aromatic nitrogens is 1. The largest absolute Gasteiger partial charge is 0.427 e. The molecule has 1 amide bonds. The first-order chi connectivity index (χ1) is 15.1. The fourth-order valence-corrected chi connectivity index (χ4v) is 4.35. The number of thiazole rings is 1. The summed E-state index contributed by atoms with van der Waals surface area (Å²) in [6.45, 7) is 5.27. The van der Waals surface area contributed by atoms with Gasteiger partial charge in [0, 0.05) is 42.6 Å². The SMILES string of the molecule is CC(=O)Oc1cccc(C(=O)Nc2nc(-c3ccccc3)c(CN3CCOCC3)s2)c1. The van der Waals surface area contributed by atoms with Gasteiger partial charge in [-0.05, 0) is 18.2 Å². The molecular formula is C23H23N3O4S. The Morgan fingerprint density at radius 1 is 1.13 bits per heavy atom. The van der Waals surface area contributed by atoms with E-state index in [1.807, 2.05) is 30.3 Å². The number of hydrogen-bond donors (Lipinski definition) is 1. The number of ether oxygens (including phenoxy) is 2. The molecule has 1 aliphatic rings. The lowest BCUT2D eigenvalue weighted by atomic mass is 10.1. The number of hydrogen-bond acceptors (Lipinski definition) is 7. The number of anilines is 1. The smallest absolute Gasteiger partial charge is 0.308 e. The van der Waals surface area contributed by atoms with Gasteiger partial charge in [0.05, 0.1) is 18.9 Å². The molecule has 8 heteroatoms. The van der Waals surface area contributed by atoms with Crippen LogP contribution < -0.4 is 10.1 Å². The number of rotatable bonds is 6. The van der Waals surface area contributed by atoms with Crippen molar-refractivity contribution in [2.24, 2.45) is 0 Å². The van der Waals surface area contributed by atoms with Crippen LogP contribution in [0.15, 0.2) is 54.6 Å². The maximum atomic E-state index is 12.8. The van der Waals surface area contributed by atoms with E-state index < -0.39 is 5.97 Å². The zero-order valence-electron chi connectivity index (χ0n) is 17.2. The average molecular weight is 438 g/mol. The molecule has 0 spiro atoms. The third kappa shape index (κ3) is 5.55. The number of morpholine rings is 1. The number of benzene rings is 2. The van der Waals surface area contributed by atoms with Crippen molar-refractivity contribution in [3.05, 3.63) is 65.0 Å². The molecule has 2 aromatic carbocycles. The van der Waals surface area contributed by atoms with E-state index in [2.05, 4.69) is 10.2 Å². The van der Waals surface area contributed by atoms with Crippen LogP contribution >= 0.6 is 11.3 Å². The topological polar surface area (TPSA) is 80.8 Å². The summed E-state index contributed by atoms with van der Waals surface area (Å²) in [5.41, 5.74) is 2.28. The molecule has 1 aromatic heterocycles. The minimum Gasteiger partial charge on any atom is -0.427 e. The Bertz CT molecular complexity index is 1060. The molecule has 3 aromatic rings. The monoisotopic (exact) mass is 437 g/mol. The first kappa shape index (κ1) is 21.2. The summed E-state index contributed by atoms with van der Waals surface area (Å²) in [4.78, 5) is 32.1. The first-order valence-corrected chi connectivity index (χ1v) is 10.9. The lowest BCUT2D eigenvalue weighted by Crippen LogP contribution is -2.35. The predicted molar refractivity (Wildman–Crippen MR) is 119 cm³/mol. The van der Waals surface area contributed by atoms with Crippen LogP contribution in [0.1, 0.15) is 22.2 Å². The van der Waals surface area contributed by atoms with Crippen molar-refractivity contribution in [1.29, 1.82) is 0 Å². The van der Waals surface area contributed by atoms with Crippen molar-refractivity contribution in [3.8, 4) is 17.0 Å². The Hall–Kier alpha value is -3.07. The number of carbonyl (C=O) groups is 2. The van der Waals surface area contributed by atoms with Gasteiger partial charge in [-0.25, -0.2) is 4.98 Å². The van der Waals surface area contributed by atoms with Crippen molar-refractivity contribution in [2.75, 3.05) is 31.6 Å². The molecule has 1 aliphatic heterocycles. The summed E-state index contributed by atoms with van der Waals surface area (Å²) >= 11 is 1.47. The van der Waals surface area contributed by atoms with Crippen molar-refractivity contribution in [2.45, 2.75) is 13.5 Å². The molecule has 7 nitrogen and oxygen atoms in total. The molecule has 2 heterocycles. The molecule has 0 unspecified atom stereocenters. The molecule has 1 fully saturated rings. The van der Waals surface area contributed by atoms with Crippen LogP contribution in [0.2, 0.25) is 0 Å². The van der Waals surface area contributed by atoms with Gasteiger partial charge >= 0.3 is 5.97 Å². The highest BCUT2D eigenvalue weighted by molar-refractivity contribution is 7.16. The number of amides is 1. The second-order valence-corrected chi connectivity index (χ2v) is 8.20. The van der Waals surface area contributed by atoms with Crippen LogP contribution in [-0.2, 0) is 16.1 Å². The quantitative estimate of drug-likeness (QED) is 0.466. The van der Waals surface area contributed by atoms with E-state index in [-0.39, 0.29) is 5.91 Å². The fourth-order valence-electron chi connectivity index (χ4n) is 3.33. The van der Waals surface area contributed by atoms with Crippen LogP contribution in [0, 0.1) is 0 Å².